The molecule has 1 spiro atoms. The van der Waals surface area contributed by atoms with Gasteiger partial charge in [-0.1, -0.05) is 6.07 Å². The van der Waals surface area contributed by atoms with E-state index in [-0.39, 0.29) is 5.91 Å². The number of piperidine rings is 1. The van der Waals surface area contributed by atoms with E-state index in [0.717, 1.165) is 37.3 Å². The molecular formula is C20H24N4O4. The first-order chi connectivity index (χ1) is 13.6. The molecule has 0 atom stereocenters. The molecule has 3 heterocycles. The number of methoxy groups -OCH3 is 1. The summed E-state index contributed by atoms with van der Waals surface area (Å²) in [4.78, 5) is 23.3. The molecule has 0 aliphatic carbocycles. The largest absolute Gasteiger partial charge is 0.495 e. The summed E-state index contributed by atoms with van der Waals surface area (Å²) in [5.74, 6) is 0.588. The Labute approximate surface area is 163 Å². The lowest BCUT2D eigenvalue weighted by Gasteiger charge is -2.38. The van der Waals surface area contributed by atoms with Gasteiger partial charge in [-0.2, -0.15) is 0 Å². The number of hydrogen-bond donors (Lipinski definition) is 1. The Morgan fingerprint density at radius 2 is 1.93 bits per heavy atom. The molecule has 2 aromatic rings. The van der Waals surface area contributed by atoms with Gasteiger partial charge in [-0.15, -0.1) is 0 Å². The van der Waals surface area contributed by atoms with Crippen LogP contribution in [0.5, 0.6) is 5.75 Å². The van der Waals surface area contributed by atoms with Crippen molar-refractivity contribution in [1.82, 2.24) is 9.97 Å². The van der Waals surface area contributed by atoms with Crippen LogP contribution in [0, 0.1) is 6.92 Å². The highest BCUT2D eigenvalue weighted by molar-refractivity contribution is 6.04. The highest BCUT2D eigenvalue weighted by Gasteiger charge is 2.40. The number of hydrogen-bond acceptors (Lipinski definition) is 7. The van der Waals surface area contributed by atoms with Gasteiger partial charge in [0.25, 0.3) is 5.91 Å². The number of benzene rings is 1. The van der Waals surface area contributed by atoms with E-state index >= 15 is 0 Å². The van der Waals surface area contributed by atoms with E-state index in [1.165, 1.54) is 6.33 Å². The van der Waals surface area contributed by atoms with Gasteiger partial charge < -0.3 is 24.4 Å². The van der Waals surface area contributed by atoms with Crippen molar-refractivity contribution in [3.63, 3.8) is 0 Å². The number of carbonyl (C=O) groups is 1. The molecule has 1 aromatic heterocycles. The summed E-state index contributed by atoms with van der Waals surface area (Å²) in [6, 6.07) is 7.34. The van der Waals surface area contributed by atoms with Gasteiger partial charge in [0.15, 0.2) is 5.79 Å². The number of nitrogens with one attached hydrogen (secondary N) is 1. The lowest BCUT2D eigenvalue weighted by Crippen LogP contribution is -2.45. The maximum atomic E-state index is 12.7. The lowest BCUT2D eigenvalue weighted by molar-refractivity contribution is -0.169. The smallest absolute Gasteiger partial charge is 0.274 e. The topological polar surface area (TPSA) is 85.8 Å². The molecular weight excluding hydrogens is 360 g/mol. The second kappa shape index (κ2) is 7.73. The Bertz CT molecular complexity index is 857. The number of anilines is 2. The number of aromatic nitrogens is 2. The van der Waals surface area contributed by atoms with Crippen LogP contribution in [-0.2, 0) is 9.47 Å². The van der Waals surface area contributed by atoms with Crippen molar-refractivity contribution < 1.29 is 19.0 Å². The third-order valence-electron chi connectivity index (χ3n) is 5.15. The van der Waals surface area contributed by atoms with Gasteiger partial charge in [0.05, 0.1) is 26.0 Å². The average molecular weight is 384 g/mol. The molecule has 1 N–H and O–H groups in total. The molecule has 148 valence electrons. The van der Waals surface area contributed by atoms with Crippen LogP contribution in [0.15, 0.2) is 30.6 Å². The number of aryl methyl sites for hydroxylation is 1. The maximum Gasteiger partial charge on any atom is 0.274 e. The van der Waals surface area contributed by atoms with Gasteiger partial charge in [0.1, 0.15) is 23.6 Å². The molecule has 2 aliphatic rings. The van der Waals surface area contributed by atoms with E-state index in [4.69, 9.17) is 14.2 Å². The minimum atomic E-state index is -0.439. The van der Waals surface area contributed by atoms with Crippen LogP contribution in [0.4, 0.5) is 11.5 Å². The predicted octanol–water partition coefficient (Wildman–Crippen LogP) is 2.39. The summed E-state index contributed by atoms with van der Waals surface area (Å²) in [7, 11) is 1.57. The van der Waals surface area contributed by atoms with E-state index in [0.29, 0.717) is 30.3 Å². The second-order valence-corrected chi connectivity index (χ2v) is 7.01. The van der Waals surface area contributed by atoms with E-state index in [1.54, 1.807) is 13.2 Å². The number of carbonyl (C=O) groups excluding carboxylic acids is 1. The van der Waals surface area contributed by atoms with Gasteiger partial charge in [-0.05, 0) is 24.6 Å². The molecule has 2 saturated heterocycles. The first-order valence-corrected chi connectivity index (χ1v) is 9.39. The van der Waals surface area contributed by atoms with Gasteiger partial charge >= 0.3 is 0 Å². The quantitative estimate of drug-likeness (QED) is 0.866. The first-order valence-electron chi connectivity index (χ1n) is 9.39. The molecule has 2 fully saturated rings. The third-order valence-corrected chi connectivity index (χ3v) is 5.15. The van der Waals surface area contributed by atoms with Crippen LogP contribution >= 0.6 is 0 Å². The summed E-state index contributed by atoms with van der Waals surface area (Å²) in [5, 5.41) is 2.88. The van der Waals surface area contributed by atoms with Gasteiger partial charge in [0.2, 0.25) is 0 Å². The van der Waals surface area contributed by atoms with Crippen LogP contribution in [-0.4, -0.2) is 55.1 Å². The standard InChI is InChI=1S/C20H24N4O4/c1-14-3-4-17(26-2)15(11-14)23-19(25)16-12-18(22-13-21-16)24-7-5-20(6-8-24)27-9-10-28-20/h3-4,11-13H,5-10H2,1-2H3,(H,23,25). The first kappa shape index (κ1) is 18.6. The predicted molar refractivity (Wildman–Crippen MR) is 104 cm³/mol. The van der Waals surface area contributed by atoms with Crippen LogP contribution in [0.2, 0.25) is 0 Å². The number of nitrogens with zero attached hydrogens (tertiary/aromatic N) is 3. The molecule has 0 bridgehead atoms. The number of rotatable bonds is 4. The Hall–Kier alpha value is -2.71. The molecule has 1 aromatic carbocycles. The Morgan fingerprint density at radius 1 is 1.18 bits per heavy atom. The van der Waals surface area contributed by atoms with Crippen molar-refractivity contribution in [2.75, 3.05) is 43.6 Å². The molecule has 0 unspecified atom stereocenters. The van der Waals surface area contributed by atoms with Crippen LogP contribution in [0.25, 0.3) is 0 Å². The summed E-state index contributed by atoms with van der Waals surface area (Å²) >= 11 is 0. The van der Waals surface area contributed by atoms with E-state index in [1.807, 2.05) is 25.1 Å². The zero-order valence-electron chi connectivity index (χ0n) is 16.1. The minimum absolute atomic E-state index is 0.302. The SMILES string of the molecule is COc1ccc(C)cc1NC(=O)c1cc(N2CCC3(CC2)OCCO3)ncn1. The summed E-state index contributed by atoms with van der Waals surface area (Å²) in [5.41, 5.74) is 1.95. The monoisotopic (exact) mass is 384 g/mol. The highest BCUT2D eigenvalue weighted by atomic mass is 16.7. The summed E-state index contributed by atoms with van der Waals surface area (Å²) in [6.07, 6.45) is 2.97. The van der Waals surface area contributed by atoms with Gasteiger partial charge in [-0.3, -0.25) is 4.79 Å². The van der Waals surface area contributed by atoms with E-state index in [2.05, 4.69) is 20.2 Å². The lowest BCUT2D eigenvalue weighted by atomic mass is 10.0. The van der Waals surface area contributed by atoms with Crippen LogP contribution in [0.1, 0.15) is 28.9 Å². The summed E-state index contributed by atoms with van der Waals surface area (Å²) in [6.45, 7) is 4.77. The fraction of sp³-hybridized carbons (Fsp3) is 0.450. The Balaban J connectivity index is 1.46. The number of amides is 1. The molecule has 2 aliphatic heterocycles. The van der Waals surface area contributed by atoms with Crippen LogP contribution < -0.4 is 15.0 Å². The fourth-order valence-electron chi connectivity index (χ4n) is 3.61. The fourth-order valence-corrected chi connectivity index (χ4v) is 3.61. The molecule has 1 amide bonds. The molecule has 4 rings (SSSR count). The molecule has 28 heavy (non-hydrogen) atoms. The molecule has 8 heteroatoms. The maximum absolute atomic E-state index is 12.7. The molecule has 0 radical (unpaired) electrons. The number of ether oxygens (including phenoxy) is 3. The molecule has 8 nitrogen and oxygen atoms in total. The van der Waals surface area contributed by atoms with Gasteiger partial charge in [-0.25, -0.2) is 9.97 Å². The van der Waals surface area contributed by atoms with Gasteiger partial charge in [0, 0.05) is 32.0 Å². The Kier molecular flexibility index (Phi) is 5.15. The zero-order valence-corrected chi connectivity index (χ0v) is 16.1. The van der Waals surface area contributed by atoms with Crippen molar-refractivity contribution in [1.29, 1.82) is 0 Å². The normalized spacial score (nSPS) is 18.3. The highest BCUT2D eigenvalue weighted by Crippen LogP contribution is 2.32. The average Bonchev–Trinajstić information content (AvgIpc) is 3.17. The molecule has 0 saturated carbocycles. The van der Waals surface area contributed by atoms with Crippen LogP contribution in [0.3, 0.4) is 0 Å². The Morgan fingerprint density at radius 3 is 2.64 bits per heavy atom. The third kappa shape index (κ3) is 3.79. The minimum Gasteiger partial charge on any atom is -0.495 e. The summed E-state index contributed by atoms with van der Waals surface area (Å²) < 4.78 is 16.9. The van der Waals surface area contributed by atoms with Crippen molar-refractivity contribution in [3.05, 3.63) is 41.9 Å². The van der Waals surface area contributed by atoms with Crippen molar-refractivity contribution in [2.45, 2.75) is 25.6 Å². The second-order valence-electron chi connectivity index (χ2n) is 7.01. The van der Waals surface area contributed by atoms with Crippen molar-refractivity contribution in [2.24, 2.45) is 0 Å². The van der Waals surface area contributed by atoms with E-state index in [9.17, 15) is 4.79 Å². The van der Waals surface area contributed by atoms with Crippen molar-refractivity contribution in [3.8, 4) is 5.75 Å². The van der Waals surface area contributed by atoms with E-state index < -0.39 is 5.79 Å². The zero-order chi connectivity index (χ0) is 19.6. The van der Waals surface area contributed by atoms with Crippen molar-refractivity contribution >= 4 is 17.4 Å².